The van der Waals surface area contributed by atoms with E-state index >= 15 is 0 Å². The molecule has 0 saturated carbocycles. The molecule has 2 aromatic heterocycles. The van der Waals surface area contributed by atoms with Gasteiger partial charge in [-0.3, -0.25) is 28.7 Å². The number of Topliss-reactive ketones (excluding diaryl/α,β-unsaturated/α-hetero) is 1. The first-order valence-electron chi connectivity index (χ1n) is 7.82. The molecule has 0 aliphatic heterocycles. The van der Waals surface area contributed by atoms with Crippen LogP contribution in [0.1, 0.15) is 23.7 Å². The Labute approximate surface area is 146 Å². The SMILES string of the molecule is CCCn1c(N)c(C(=O)COC(=O)Cn2ccccc2=O)c(=O)[nH]c1=O. The van der Waals surface area contributed by atoms with Gasteiger partial charge in [0.15, 0.2) is 6.61 Å². The Morgan fingerprint density at radius 1 is 1.23 bits per heavy atom. The fourth-order valence-electron chi connectivity index (χ4n) is 2.30. The summed E-state index contributed by atoms with van der Waals surface area (Å²) in [6.07, 6.45) is 1.96. The van der Waals surface area contributed by atoms with Crippen LogP contribution in [0.4, 0.5) is 5.82 Å². The maximum atomic E-state index is 12.2. The van der Waals surface area contributed by atoms with Gasteiger partial charge in [0.2, 0.25) is 5.78 Å². The zero-order valence-electron chi connectivity index (χ0n) is 14.1. The van der Waals surface area contributed by atoms with E-state index in [4.69, 9.17) is 10.5 Å². The Hall–Kier alpha value is -3.43. The molecule has 0 saturated heterocycles. The van der Waals surface area contributed by atoms with E-state index in [1.807, 2.05) is 4.98 Å². The average molecular weight is 362 g/mol. The summed E-state index contributed by atoms with van der Waals surface area (Å²) in [6, 6.07) is 4.36. The molecule has 0 unspecified atom stereocenters. The summed E-state index contributed by atoms with van der Waals surface area (Å²) in [5.74, 6) is -1.95. The maximum Gasteiger partial charge on any atom is 0.329 e. The van der Waals surface area contributed by atoms with Crippen LogP contribution in [0.5, 0.6) is 0 Å². The van der Waals surface area contributed by atoms with Crippen molar-refractivity contribution in [1.29, 1.82) is 0 Å². The summed E-state index contributed by atoms with van der Waals surface area (Å²) in [5, 5.41) is 0. The first-order chi connectivity index (χ1) is 12.3. The zero-order chi connectivity index (χ0) is 19.3. The van der Waals surface area contributed by atoms with E-state index in [0.717, 1.165) is 9.13 Å². The number of nitrogens with zero attached hydrogens (tertiary/aromatic N) is 2. The van der Waals surface area contributed by atoms with Crippen molar-refractivity contribution in [2.45, 2.75) is 26.4 Å². The molecule has 0 bridgehead atoms. The van der Waals surface area contributed by atoms with Crippen LogP contribution in [-0.2, 0) is 22.6 Å². The number of nitrogens with one attached hydrogen (secondary N) is 1. The minimum absolute atomic E-state index is 0.221. The highest BCUT2D eigenvalue weighted by Gasteiger charge is 2.20. The van der Waals surface area contributed by atoms with Crippen LogP contribution >= 0.6 is 0 Å². The number of esters is 1. The number of ether oxygens (including phenoxy) is 1. The van der Waals surface area contributed by atoms with Gasteiger partial charge in [-0.15, -0.1) is 0 Å². The zero-order valence-corrected chi connectivity index (χ0v) is 14.1. The quantitative estimate of drug-likeness (QED) is 0.480. The highest BCUT2D eigenvalue weighted by molar-refractivity contribution is 6.01. The van der Waals surface area contributed by atoms with E-state index in [0.29, 0.717) is 6.42 Å². The molecule has 2 aromatic rings. The number of H-pyrrole nitrogens is 1. The second-order valence-corrected chi connectivity index (χ2v) is 5.42. The highest BCUT2D eigenvalue weighted by atomic mass is 16.5. The molecule has 138 valence electrons. The molecule has 0 aliphatic carbocycles. The largest absolute Gasteiger partial charge is 0.456 e. The predicted molar refractivity (Wildman–Crippen MR) is 92.0 cm³/mol. The van der Waals surface area contributed by atoms with Crippen molar-refractivity contribution in [1.82, 2.24) is 14.1 Å². The van der Waals surface area contributed by atoms with Gasteiger partial charge in [-0.1, -0.05) is 13.0 Å². The van der Waals surface area contributed by atoms with Gasteiger partial charge < -0.3 is 15.0 Å². The second kappa shape index (κ2) is 8.10. The molecule has 0 amide bonds. The summed E-state index contributed by atoms with van der Waals surface area (Å²) in [7, 11) is 0. The lowest BCUT2D eigenvalue weighted by Crippen LogP contribution is -2.37. The Morgan fingerprint density at radius 2 is 1.96 bits per heavy atom. The molecule has 0 radical (unpaired) electrons. The van der Waals surface area contributed by atoms with Gasteiger partial charge in [0.25, 0.3) is 11.1 Å². The minimum atomic E-state index is -0.944. The predicted octanol–water partition coefficient (Wildman–Crippen LogP) is -0.883. The lowest BCUT2D eigenvalue weighted by Gasteiger charge is -2.11. The number of nitrogen functional groups attached to an aromatic ring is 1. The lowest BCUT2D eigenvalue weighted by molar-refractivity contribution is -0.143. The average Bonchev–Trinajstić information content (AvgIpc) is 2.58. The molecule has 0 aromatic carbocycles. The molecular formula is C16H18N4O6. The third-order valence-corrected chi connectivity index (χ3v) is 3.53. The number of ketones is 1. The molecule has 2 heterocycles. The molecule has 0 atom stereocenters. The van der Waals surface area contributed by atoms with Crippen molar-refractivity contribution in [2.24, 2.45) is 0 Å². The van der Waals surface area contributed by atoms with Crippen LogP contribution in [-0.4, -0.2) is 32.5 Å². The van der Waals surface area contributed by atoms with E-state index in [9.17, 15) is 24.0 Å². The lowest BCUT2D eigenvalue weighted by atomic mass is 10.2. The molecule has 0 aliphatic rings. The summed E-state index contributed by atoms with van der Waals surface area (Å²) in [6.45, 7) is 0.899. The van der Waals surface area contributed by atoms with E-state index in [1.54, 1.807) is 13.0 Å². The Kier molecular flexibility index (Phi) is 5.89. The number of aromatic amines is 1. The molecule has 2 rings (SSSR count). The van der Waals surface area contributed by atoms with Gasteiger partial charge in [-0.2, -0.15) is 0 Å². The highest BCUT2D eigenvalue weighted by Crippen LogP contribution is 2.06. The number of nitrogens with two attached hydrogens (primary N) is 1. The van der Waals surface area contributed by atoms with Gasteiger partial charge in [-0.05, 0) is 12.5 Å². The molecule has 26 heavy (non-hydrogen) atoms. The van der Waals surface area contributed by atoms with Crippen molar-refractivity contribution in [2.75, 3.05) is 12.3 Å². The number of pyridine rings is 1. The molecule has 10 heteroatoms. The third-order valence-electron chi connectivity index (χ3n) is 3.53. The van der Waals surface area contributed by atoms with E-state index in [2.05, 4.69) is 0 Å². The summed E-state index contributed by atoms with van der Waals surface area (Å²) < 4.78 is 6.99. The third kappa shape index (κ3) is 4.15. The van der Waals surface area contributed by atoms with E-state index < -0.39 is 40.7 Å². The molecule has 3 N–H and O–H groups in total. The number of anilines is 1. The topological polar surface area (TPSA) is 146 Å². The van der Waals surface area contributed by atoms with Crippen LogP contribution in [0, 0.1) is 0 Å². The van der Waals surface area contributed by atoms with Gasteiger partial charge in [0.1, 0.15) is 17.9 Å². The number of hydrogen-bond acceptors (Lipinski definition) is 7. The second-order valence-electron chi connectivity index (χ2n) is 5.42. The molecular weight excluding hydrogens is 344 g/mol. The fraction of sp³-hybridized carbons (Fsp3) is 0.312. The number of carbonyl (C=O) groups is 2. The number of aromatic nitrogens is 3. The summed E-state index contributed by atoms with van der Waals surface area (Å²) in [5.41, 5.74) is 3.26. The van der Waals surface area contributed by atoms with Crippen LogP contribution in [0.2, 0.25) is 0 Å². The van der Waals surface area contributed by atoms with Crippen LogP contribution in [0.25, 0.3) is 0 Å². The Bertz CT molecular complexity index is 1000. The van der Waals surface area contributed by atoms with Crippen molar-refractivity contribution in [3.8, 4) is 0 Å². The van der Waals surface area contributed by atoms with Crippen LogP contribution in [0.15, 0.2) is 38.8 Å². The fourth-order valence-corrected chi connectivity index (χ4v) is 2.30. The van der Waals surface area contributed by atoms with Gasteiger partial charge >= 0.3 is 11.7 Å². The minimum Gasteiger partial charge on any atom is -0.456 e. The van der Waals surface area contributed by atoms with Crippen LogP contribution in [0.3, 0.4) is 0 Å². The maximum absolute atomic E-state index is 12.2. The Balaban J connectivity index is 2.13. The van der Waals surface area contributed by atoms with Crippen LogP contribution < -0.4 is 22.5 Å². The van der Waals surface area contributed by atoms with Gasteiger partial charge in [0, 0.05) is 18.8 Å². The molecule has 10 nitrogen and oxygen atoms in total. The number of carbonyl (C=O) groups excluding carboxylic acids is 2. The summed E-state index contributed by atoms with van der Waals surface area (Å²) >= 11 is 0. The Morgan fingerprint density at radius 3 is 2.62 bits per heavy atom. The van der Waals surface area contributed by atoms with Crippen molar-refractivity contribution in [3.63, 3.8) is 0 Å². The van der Waals surface area contributed by atoms with Gasteiger partial charge in [0.05, 0.1) is 0 Å². The number of rotatable bonds is 7. The van der Waals surface area contributed by atoms with E-state index in [-0.39, 0.29) is 18.9 Å². The monoisotopic (exact) mass is 362 g/mol. The standard InChI is InChI=1S/C16H18N4O6/c1-2-6-20-14(17)13(15(24)18-16(20)25)10(21)9-26-12(23)8-19-7-4-3-5-11(19)22/h3-5,7H,2,6,8-9,17H2,1H3,(H,18,24,25). The molecule has 0 spiro atoms. The molecule has 0 fully saturated rings. The summed E-state index contributed by atoms with van der Waals surface area (Å²) in [4.78, 5) is 61.2. The first-order valence-corrected chi connectivity index (χ1v) is 7.82. The van der Waals surface area contributed by atoms with Crippen molar-refractivity contribution >= 4 is 17.6 Å². The van der Waals surface area contributed by atoms with Gasteiger partial charge in [-0.25, -0.2) is 4.79 Å². The first kappa shape index (κ1) is 18.9. The van der Waals surface area contributed by atoms with Crippen molar-refractivity contribution < 1.29 is 14.3 Å². The smallest absolute Gasteiger partial charge is 0.329 e. The normalized spacial score (nSPS) is 10.5. The van der Waals surface area contributed by atoms with Crippen molar-refractivity contribution in [3.05, 3.63) is 61.2 Å². The number of hydrogen-bond donors (Lipinski definition) is 2. The van der Waals surface area contributed by atoms with E-state index in [1.165, 1.54) is 18.3 Å².